The summed E-state index contributed by atoms with van der Waals surface area (Å²) in [5.74, 6) is -0.166. The molecule has 5 nitrogen and oxygen atoms in total. The molecule has 3 aromatic carbocycles. The summed E-state index contributed by atoms with van der Waals surface area (Å²) in [7, 11) is 0. The van der Waals surface area contributed by atoms with E-state index in [1.165, 1.54) is 6.07 Å². The van der Waals surface area contributed by atoms with Crippen LogP contribution in [-0.4, -0.2) is 15.6 Å². The number of aromatic nitrogens is 2. The highest BCUT2D eigenvalue weighted by Gasteiger charge is 2.16. The van der Waals surface area contributed by atoms with Crippen LogP contribution in [0.4, 0.5) is 0 Å². The summed E-state index contributed by atoms with van der Waals surface area (Å²) in [6.45, 7) is 0. The van der Waals surface area contributed by atoms with E-state index in [1.54, 1.807) is 66.7 Å². The Morgan fingerprint density at radius 3 is 2.39 bits per heavy atom. The van der Waals surface area contributed by atoms with Crippen molar-refractivity contribution in [1.82, 2.24) is 9.66 Å². The second-order valence-electron chi connectivity index (χ2n) is 6.05. The molecular formula is C21H13Cl2N3O2. The van der Waals surface area contributed by atoms with Gasteiger partial charge in [0, 0.05) is 21.2 Å². The number of rotatable bonds is 3. The molecule has 0 aliphatic carbocycles. The van der Waals surface area contributed by atoms with Gasteiger partial charge < -0.3 is 0 Å². The summed E-state index contributed by atoms with van der Waals surface area (Å²) in [6.07, 6.45) is 0. The van der Waals surface area contributed by atoms with Crippen molar-refractivity contribution in [3.05, 3.63) is 98.8 Å². The zero-order valence-corrected chi connectivity index (χ0v) is 15.9. The smallest absolute Gasteiger partial charge is 0.267 e. The first kappa shape index (κ1) is 18.2. The van der Waals surface area contributed by atoms with E-state index in [0.717, 1.165) is 4.68 Å². The summed E-state index contributed by atoms with van der Waals surface area (Å²) in [4.78, 5) is 30.4. The van der Waals surface area contributed by atoms with Crippen molar-refractivity contribution in [2.45, 2.75) is 0 Å². The predicted molar refractivity (Wildman–Crippen MR) is 112 cm³/mol. The highest BCUT2D eigenvalue weighted by Crippen LogP contribution is 2.23. The third-order valence-corrected chi connectivity index (χ3v) is 4.63. The van der Waals surface area contributed by atoms with E-state index >= 15 is 0 Å². The van der Waals surface area contributed by atoms with E-state index in [2.05, 4.69) is 10.4 Å². The summed E-state index contributed by atoms with van der Waals surface area (Å²) in [5.41, 5.74) is 3.68. The number of carbonyl (C=O) groups excluding carboxylic acids is 1. The Morgan fingerprint density at radius 2 is 1.64 bits per heavy atom. The Labute approximate surface area is 170 Å². The van der Waals surface area contributed by atoms with Crippen LogP contribution in [-0.2, 0) is 0 Å². The van der Waals surface area contributed by atoms with Crippen LogP contribution in [0.25, 0.3) is 22.3 Å². The summed E-state index contributed by atoms with van der Waals surface area (Å²) in [5, 5.41) is 1.19. The number of nitrogens with one attached hydrogen (secondary N) is 1. The molecule has 0 spiro atoms. The Morgan fingerprint density at radius 1 is 0.893 bits per heavy atom. The van der Waals surface area contributed by atoms with E-state index in [4.69, 9.17) is 23.2 Å². The lowest BCUT2D eigenvalue weighted by Crippen LogP contribution is -2.35. The first-order valence-corrected chi connectivity index (χ1v) is 9.13. The molecule has 0 radical (unpaired) electrons. The van der Waals surface area contributed by atoms with Gasteiger partial charge >= 0.3 is 0 Å². The van der Waals surface area contributed by atoms with E-state index < -0.39 is 11.5 Å². The van der Waals surface area contributed by atoms with Crippen LogP contribution in [0.15, 0.2) is 77.6 Å². The third kappa shape index (κ3) is 3.50. The fourth-order valence-corrected chi connectivity index (χ4v) is 3.20. The molecule has 4 aromatic rings. The molecule has 0 aliphatic rings. The number of hydrogen-bond donors (Lipinski definition) is 1. The maximum Gasteiger partial charge on any atom is 0.280 e. The van der Waals surface area contributed by atoms with Crippen molar-refractivity contribution in [3.63, 3.8) is 0 Å². The molecular weight excluding hydrogens is 397 g/mol. The first-order valence-electron chi connectivity index (χ1n) is 8.37. The van der Waals surface area contributed by atoms with Crippen molar-refractivity contribution in [2.75, 3.05) is 5.43 Å². The van der Waals surface area contributed by atoms with Gasteiger partial charge in [-0.15, -0.1) is 0 Å². The van der Waals surface area contributed by atoms with Crippen molar-refractivity contribution in [3.8, 4) is 11.4 Å². The van der Waals surface area contributed by atoms with Gasteiger partial charge in [0.15, 0.2) is 5.82 Å². The van der Waals surface area contributed by atoms with E-state index in [0.29, 0.717) is 32.1 Å². The van der Waals surface area contributed by atoms with Crippen molar-refractivity contribution < 1.29 is 4.79 Å². The molecule has 0 atom stereocenters. The number of carbonyl (C=O) groups is 1. The summed E-state index contributed by atoms with van der Waals surface area (Å²) in [6, 6.07) is 20.4. The maximum absolute atomic E-state index is 13.1. The van der Waals surface area contributed by atoms with Crippen LogP contribution in [0.3, 0.4) is 0 Å². The monoisotopic (exact) mass is 409 g/mol. The average Bonchev–Trinajstić information content (AvgIpc) is 2.71. The molecule has 0 saturated heterocycles. The molecule has 138 valence electrons. The van der Waals surface area contributed by atoms with Gasteiger partial charge in [0.1, 0.15) is 0 Å². The number of halogens is 2. The predicted octanol–water partition coefficient (Wildman–Crippen LogP) is 4.75. The van der Waals surface area contributed by atoms with E-state index in [9.17, 15) is 9.59 Å². The second kappa shape index (κ2) is 7.46. The fourth-order valence-electron chi connectivity index (χ4n) is 2.84. The zero-order valence-electron chi connectivity index (χ0n) is 14.4. The minimum absolute atomic E-state index is 0.270. The van der Waals surface area contributed by atoms with Gasteiger partial charge in [0.05, 0.1) is 10.9 Å². The third-order valence-electron chi connectivity index (χ3n) is 4.16. The van der Waals surface area contributed by atoms with E-state index in [1.807, 2.05) is 0 Å². The zero-order chi connectivity index (χ0) is 19.7. The number of hydrogen-bond acceptors (Lipinski definition) is 3. The molecule has 7 heteroatoms. The maximum atomic E-state index is 13.1. The quantitative estimate of drug-likeness (QED) is 0.530. The molecule has 1 aromatic heterocycles. The van der Waals surface area contributed by atoms with Crippen LogP contribution in [0.1, 0.15) is 10.4 Å². The Kier molecular flexibility index (Phi) is 4.86. The van der Waals surface area contributed by atoms with Crippen LogP contribution < -0.4 is 11.0 Å². The van der Waals surface area contributed by atoms with Gasteiger partial charge in [-0.3, -0.25) is 15.0 Å². The molecule has 1 heterocycles. The molecule has 0 aliphatic heterocycles. The van der Waals surface area contributed by atoms with Crippen molar-refractivity contribution >= 4 is 40.0 Å². The molecule has 0 fully saturated rings. The largest absolute Gasteiger partial charge is 0.280 e. The van der Waals surface area contributed by atoms with Gasteiger partial charge in [-0.05, 0) is 42.5 Å². The molecule has 0 saturated carbocycles. The van der Waals surface area contributed by atoms with Gasteiger partial charge in [-0.2, -0.15) is 4.68 Å². The van der Waals surface area contributed by atoms with Gasteiger partial charge in [0.2, 0.25) is 0 Å². The Bertz CT molecular complexity index is 1250. The lowest BCUT2D eigenvalue weighted by atomic mass is 10.2. The minimum atomic E-state index is -0.438. The summed E-state index contributed by atoms with van der Waals surface area (Å²) < 4.78 is 1.12. The molecule has 28 heavy (non-hydrogen) atoms. The lowest BCUT2D eigenvalue weighted by molar-refractivity contribution is 0.101. The lowest BCUT2D eigenvalue weighted by Gasteiger charge is -2.15. The van der Waals surface area contributed by atoms with Crippen LogP contribution in [0, 0.1) is 0 Å². The van der Waals surface area contributed by atoms with E-state index in [-0.39, 0.29) is 5.82 Å². The number of nitrogens with zero attached hydrogens (tertiary/aromatic N) is 2. The standard InChI is InChI=1S/C21H13Cl2N3O2/c22-15-8-4-7-14(11-15)19-24-18-10-9-16(23)12-17(18)21(28)26(19)25-20(27)13-5-2-1-3-6-13/h1-12H,(H,25,27). The topological polar surface area (TPSA) is 64.0 Å². The highest BCUT2D eigenvalue weighted by atomic mass is 35.5. The van der Waals surface area contributed by atoms with Crippen LogP contribution in [0.5, 0.6) is 0 Å². The van der Waals surface area contributed by atoms with Gasteiger partial charge in [0.25, 0.3) is 11.5 Å². The number of amides is 1. The number of fused-ring (bicyclic) bond motifs is 1. The molecule has 1 N–H and O–H groups in total. The fraction of sp³-hybridized carbons (Fsp3) is 0. The molecule has 0 bridgehead atoms. The second-order valence-corrected chi connectivity index (χ2v) is 6.93. The molecule has 0 unspecified atom stereocenters. The Balaban J connectivity index is 1.93. The Hall–Kier alpha value is -3.15. The van der Waals surface area contributed by atoms with Crippen LogP contribution in [0.2, 0.25) is 10.0 Å². The van der Waals surface area contributed by atoms with Crippen LogP contribution >= 0.6 is 23.2 Å². The number of benzene rings is 3. The average molecular weight is 410 g/mol. The molecule has 1 amide bonds. The highest BCUT2D eigenvalue weighted by molar-refractivity contribution is 6.31. The SMILES string of the molecule is O=C(Nn1c(-c2cccc(Cl)c2)nc2ccc(Cl)cc2c1=O)c1ccccc1. The summed E-state index contributed by atoms with van der Waals surface area (Å²) >= 11 is 12.1. The van der Waals surface area contributed by atoms with Crippen molar-refractivity contribution in [2.24, 2.45) is 0 Å². The van der Waals surface area contributed by atoms with Gasteiger partial charge in [-0.25, -0.2) is 4.98 Å². The minimum Gasteiger partial charge on any atom is -0.267 e. The van der Waals surface area contributed by atoms with Gasteiger partial charge in [-0.1, -0.05) is 53.5 Å². The van der Waals surface area contributed by atoms with Crippen molar-refractivity contribution in [1.29, 1.82) is 0 Å². The first-order chi connectivity index (χ1) is 13.5. The molecule has 4 rings (SSSR count). The normalized spacial score (nSPS) is 10.8.